The molecule has 0 amide bonds. The van der Waals surface area contributed by atoms with Gasteiger partial charge < -0.3 is 5.73 Å². The van der Waals surface area contributed by atoms with Crippen LogP contribution in [-0.2, 0) is 10.0 Å². The van der Waals surface area contributed by atoms with Crippen molar-refractivity contribution in [1.82, 2.24) is 4.31 Å². The van der Waals surface area contributed by atoms with Crippen LogP contribution in [0.3, 0.4) is 0 Å². The fourth-order valence-corrected chi connectivity index (χ4v) is 3.57. The van der Waals surface area contributed by atoms with E-state index < -0.39 is 15.8 Å². The minimum Gasteiger partial charge on any atom is -0.320 e. The Bertz CT molecular complexity index is 691. The summed E-state index contributed by atoms with van der Waals surface area (Å²) in [7, 11) is -2.13. The Labute approximate surface area is 125 Å². The smallest absolute Gasteiger partial charge is 0.244 e. The highest BCUT2D eigenvalue weighted by molar-refractivity contribution is 7.89. The first-order valence-electron chi connectivity index (χ1n) is 6.81. The molecule has 1 fully saturated rings. The minimum atomic E-state index is -3.67. The summed E-state index contributed by atoms with van der Waals surface area (Å²) < 4.78 is 39.9. The third-order valence-corrected chi connectivity index (χ3v) is 5.60. The van der Waals surface area contributed by atoms with Crippen molar-refractivity contribution in [3.8, 4) is 11.8 Å². The maximum absolute atomic E-state index is 13.3. The fourth-order valence-electron chi connectivity index (χ4n) is 2.22. The van der Waals surface area contributed by atoms with Crippen molar-refractivity contribution in [2.24, 2.45) is 17.6 Å². The van der Waals surface area contributed by atoms with Crippen LogP contribution in [0.5, 0.6) is 0 Å². The second-order valence-corrected chi connectivity index (χ2v) is 7.42. The molecule has 114 valence electrons. The van der Waals surface area contributed by atoms with Crippen molar-refractivity contribution in [2.75, 3.05) is 20.1 Å². The Morgan fingerprint density at radius 3 is 2.71 bits per heavy atom. The van der Waals surface area contributed by atoms with Crippen LogP contribution in [0.15, 0.2) is 23.1 Å². The predicted octanol–water partition coefficient (Wildman–Crippen LogP) is 1.41. The summed E-state index contributed by atoms with van der Waals surface area (Å²) in [6.45, 7) is 2.66. The van der Waals surface area contributed by atoms with E-state index >= 15 is 0 Å². The number of rotatable bonds is 4. The molecule has 0 radical (unpaired) electrons. The van der Waals surface area contributed by atoms with Gasteiger partial charge in [-0.25, -0.2) is 17.1 Å². The van der Waals surface area contributed by atoms with Gasteiger partial charge in [0.05, 0.1) is 11.4 Å². The van der Waals surface area contributed by atoms with Crippen molar-refractivity contribution in [1.29, 1.82) is 0 Å². The SMILES string of the molecule is CC1CC1CN(C)S(=O)(=O)c1ccc(F)cc1C#CCN. The van der Waals surface area contributed by atoms with E-state index in [2.05, 4.69) is 18.8 Å². The molecule has 21 heavy (non-hydrogen) atoms. The number of nitrogens with two attached hydrogens (primary N) is 1. The van der Waals surface area contributed by atoms with Crippen LogP contribution in [0, 0.1) is 29.5 Å². The van der Waals surface area contributed by atoms with E-state index in [1.165, 1.54) is 10.4 Å². The van der Waals surface area contributed by atoms with Gasteiger partial charge >= 0.3 is 0 Å². The summed E-state index contributed by atoms with van der Waals surface area (Å²) in [5, 5.41) is 0. The zero-order valence-corrected chi connectivity index (χ0v) is 13.0. The second-order valence-electron chi connectivity index (χ2n) is 5.40. The molecule has 4 nitrogen and oxygen atoms in total. The van der Waals surface area contributed by atoms with Crippen molar-refractivity contribution in [2.45, 2.75) is 18.2 Å². The van der Waals surface area contributed by atoms with Crippen LogP contribution < -0.4 is 5.73 Å². The Morgan fingerprint density at radius 2 is 2.14 bits per heavy atom. The Morgan fingerprint density at radius 1 is 1.48 bits per heavy atom. The number of sulfonamides is 1. The Balaban J connectivity index is 2.34. The van der Waals surface area contributed by atoms with Gasteiger partial charge in [-0.15, -0.1) is 0 Å². The summed E-state index contributed by atoms with van der Waals surface area (Å²) in [6, 6.07) is 3.52. The highest BCUT2D eigenvalue weighted by Gasteiger charge is 2.36. The highest BCUT2D eigenvalue weighted by Crippen LogP contribution is 2.38. The van der Waals surface area contributed by atoms with Crippen molar-refractivity contribution in [3.63, 3.8) is 0 Å². The average Bonchev–Trinajstić information content (AvgIpc) is 3.11. The molecule has 0 aromatic heterocycles. The predicted molar refractivity (Wildman–Crippen MR) is 79.4 cm³/mol. The van der Waals surface area contributed by atoms with E-state index in [4.69, 9.17) is 5.73 Å². The molecule has 0 heterocycles. The van der Waals surface area contributed by atoms with Gasteiger partial charge in [0.2, 0.25) is 10.0 Å². The zero-order chi connectivity index (χ0) is 15.6. The van der Waals surface area contributed by atoms with Gasteiger partial charge in [0.1, 0.15) is 5.82 Å². The van der Waals surface area contributed by atoms with Gasteiger partial charge in [0.25, 0.3) is 0 Å². The molecule has 2 unspecified atom stereocenters. The summed E-state index contributed by atoms with van der Waals surface area (Å²) in [6.07, 6.45) is 1.04. The molecular formula is C15H19FN2O2S. The molecule has 0 saturated heterocycles. The lowest BCUT2D eigenvalue weighted by Crippen LogP contribution is -2.29. The van der Waals surface area contributed by atoms with E-state index in [0.717, 1.165) is 18.6 Å². The van der Waals surface area contributed by atoms with Gasteiger partial charge in [0.15, 0.2) is 0 Å². The number of nitrogens with zero attached hydrogens (tertiary/aromatic N) is 1. The molecule has 1 aromatic rings. The van der Waals surface area contributed by atoms with Gasteiger partial charge in [-0.3, -0.25) is 0 Å². The van der Waals surface area contributed by atoms with Gasteiger partial charge in [0, 0.05) is 19.2 Å². The first kappa shape index (κ1) is 16.0. The molecule has 1 saturated carbocycles. The van der Waals surface area contributed by atoms with Gasteiger partial charge in [-0.1, -0.05) is 18.8 Å². The van der Waals surface area contributed by atoms with Crippen molar-refractivity contribution < 1.29 is 12.8 Å². The quantitative estimate of drug-likeness (QED) is 0.855. The first-order chi connectivity index (χ1) is 9.86. The van der Waals surface area contributed by atoms with Crippen LogP contribution in [0.1, 0.15) is 18.9 Å². The number of benzene rings is 1. The van der Waals surface area contributed by atoms with E-state index in [0.29, 0.717) is 18.4 Å². The molecule has 0 bridgehead atoms. The molecule has 0 spiro atoms. The fraction of sp³-hybridized carbons (Fsp3) is 0.467. The van der Waals surface area contributed by atoms with Gasteiger partial charge in [-0.05, 0) is 36.5 Å². The number of hydrogen-bond acceptors (Lipinski definition) is 3. The lowest BCUT2D eigenvalue weighted by atomic mass is 10.2. The summed E-state index contributed by atoms with van der Waals surface area (Å²) >= 11 is 0. The van der Waals surface area contributed by atoms with Crippen LogP contribution in [0.25, 0.3) is 0 Å². The van der Waals surface area contributed by atoms with E-state index in [-0.39, 0.29) is 17.0 Å². The molecule has 1 aliphatic rings. The highest BCUT2D eigenvalue weighted by atomic mass is 32.2. The first-order valence-corrected chi connectivity index (χ1v) is 8.25. The normalized spacial score (nSPS) is 21.0. The number of hydrogen-bond donors (Lipinski definition) is 1. The average molecular weight is 310 g/mol. The van der Waals surface area contributed by atoms with Crippen molar-refractivity contribution >= 4 is 10.0 Å². The molecule has 1 aromatic carbocycles. The van der Waals surface area contributed by atoms with E-state index in [1.54, 1.807) is 7.05 Å². The van der Waals surface area contributed by atoms with E-state index in [1.807, 2.05) is 0 Å². The Hall–Kier alpha value is -1.42. The molecule has 0 aliphatic heterocycles. The summed E-state index contributed by atoms with van der Waals surface area (Å²) in [5.74, 6) is 5.65. The summed E-state index contributed by atoms with van der Waals surface area (Å²) in [4.78, 5) is 0.0284. The van der Waals surface area contributed by atoms with Gasteiger partial charge in [-0.2, -0.15) is 0 Å². The lowest BCUT2D eigenvalue weighted by molar-refractivity contribution is 0.444. The standard InChI is InChI=1S/C15H19FN2O2S/c1-11-8-13(11)10-18(2)21(19,20)15-6-5-14(16)9-12(15)4-3-7-17/h5-6,9,11,13H,7-8,10,17H2,1-2H3. The molecular weight excluding hydrogens is 291 g/mol. The minimum absolute atomic E-state index is 0.0284. The molecule has 2 atom stereocenters. The molecule has 1 aliphatic carbocycles. The summed E-state index contributed by atoms with van der Waals surface area (Å²) in [5.41, 5.74) is 5.44. The lowest BCUT2D eigenvalue weighted by Gasteiger charge is -2.18. The van der Waals surface area contributed by atoms with Crippen LogP contribution in [-0.4, -0.2) is 32.9 Å². The molecule has 2 N–H and O–H groups in total. The third kappa shape index (κ3) is 3.62. The van der Waals surface area contributed by atoms with Crippen LogP contribution in [0.2, 0.25) is 0 Å². The second kappa shape index (κ2) is 6.14. The van der Waals surface area contributed by atoms with E-state index in [9.17, 15) is 12.8 Å². The Kier molecular flexibility index (Phi) is 4.67. The third-order valence-electron chi connectivity index (χ3n) is 3.72. The topological polar surface area (TPSA) is 63.4 Å². The molecule has 6 heteroatoms. The maximum atomic E-state index is 13.3. The largest absolute Gasteiger partial charge is 0.320 e. The van der Waals surface area contributed by atoms with Crippen LogP contribution >= 0.6 is 0 Å². The monoisotopic (exact) mass is 310 g/mol. The number of halogens is 1. The zero-order valence-electron chi connectivity index (χ0n) is 12.1. The molecule has 2 rings (SSSR count). The maximum Gasteiger partial charge on any atom is 0.244 e. The van der Waals surface area contributed by atoms with Crippen molar-refractivity contribution in [3.05, 3.63) is 29.6 Å². The van der Waals surface area contributed by atoms with Crippen LogP contribution in [0.4, 0.5) is 4.39 Å².